The number of benzene rings is 1. The van der Waals surface area contributed by atoms with Gasteiger partial charge in [-0.25, -0.2) is 9.97 Å². The summed E-state index contributed by atoms with van der Waals surface area (Å²) in [5.74, 6) is 1.40. The molecular formula is C24H27ClN4O3. The van der Waals surface area contributed by atoms with E-state index in [4.69, 9.17) is 16.3 Å². The van der Waals surface area contributed by atoms with Gasteiger partial charge < -0.3 is 20.1 Å². The van der Waals surface area contributed by atoms with Crippen molar-refractivity contribution in [2.45, 2.75) is 38.1 Å². The van der Waals surface area contributed by atoms with E-state index in [1.54, 1.807) is 4.90 Å². The van der Waals surface area contributed by atoms with Crippen LogP contribution in [0.3, 0.4) is 0 Å². The normalized spacial score (nSPS) is 21.8. The highest BCUT2D eigenvalue weighted by Crippen LogP contribution is 2.30. The summed E-state index contributed by atoms with van der Waals surface area (Å²) in [6.45, 7) is -0.222. The SMILES string of the molecule is CN(C)c1nc(Cc2ccc(NC(=O)[C@@H]3CCC4C=CC=CC4O3)cc2)nc(Cl)c1CO. The van der Waals surface area contributed by atoms with E-state index in [2.05, 4.69) is 21.4 Å². The van der Waals surface area contributed by atoms with Gasteiger partial charge in [-0.1, -0.05) is 48.0 Å². The second-order valence-corrected chi connectivity index (χ2v) is 8.61. The number of rotatable bonds is 6. The number of hydrogen-bond donors (Lipinski definition) is 2. The van der Waals surface area contributed by atoms with E-state index in [-0.39, 0.29) is 23.8 Å². The van der Waals surface area contributed by atoms with Crippen molar-refractivity contribution in [1.29, 1.82) is 0 Å². The van der Waals surface area contributed by atoms with E-state index in [1.807, 2.05) is 56.6 Å². The molecule has 1 aromatic carbocycles. The minimum atomic E-state index is -0.447. The molecule has 3 atom stereocenters. The number of aromatic nitrogens is 2. The number of aliphatic hydroxyl groups excluding tert-OH is 1. The first kappa shape index (κ1) is 22.5. The fraction of sp³-hybridized carbons (Fsp3) is 0.375. The Morgan fingerprint density at radius 3 is 2.66 bits per heavy atom. The molecule has 168 valence electrons. The van der Waals surface area contributed by atoms with Crippen LogP contribution >= 0.6 is 11.6 Å². The Morgan fingerprint density at radius 1 is 1.19 bits per heavy atom. The molecule has 1 aliphatic heterocycles. The summed E-state index contributed by atoms with van der Waals surface area (Å²) in [6.07, 6.45) is 9.82. The van der Waals surface area contributed by atoms with Crippen LogP contribution < -0.4 is 10.2 Å². The number of allylic oxidation sites excluding steroid dienone is 2. The first-order valence-electron chi connectivity index (χ1n) is 10.7. The Hall–Kier alpha value is -2.74. The second-order valence-electron chi connectivity index (χ2n) is 8.25. The van der Waals surface area contributed by atoms with Crippen molar-refractivity contribution in [3.63, 3.8) is 0 Å². The maximum absolute atomic E-state index is 12.7. The van der Waals surface area contributed by atoms with Crippen LogP contribution in [0.5, 0.6) is 0 Å². The molecule has 1 saturated heterocycles. The molecule has 0 saturated carbocycles. The van der Waals surface area contributed by atoms with Crippen molar-refractivity contribution in [2.75, 3.05) is 24.3 Å². The van der Waals surface area contributed by atoms with Gasteiger partial charge >= 0.3 is 0 Å². The molecule has 2 aliphatic rings. The van der Waals surface area contributed by atoms with Gasteiger partial charge in [-0.3, -0.25) is 4.79 Å². The predicted octanol–water partition coefficient (Wildman–Crippen LogP) is 3.51. The Balaban J connectivity index is 1.39. The molecular weight excluding hydrogens is 428 g/mol. The van der Waals surface area contributed by atoms with E-state index in [0.29, 0.717) is 41.7 Å². The zero-order chi connectivity index (χ0) is 22.7. The summed E-state index contributed by atoms with van der Waals surface area (Å²) in [7, 11) is 3.69. The molecule has 32 heavy (non-hydrogen) atoms. The number of halogens is 1. The number of amides is 1. The standard InChI is InChI=1S/C24H27ClN4O3/c1-29(2)23-18(14-30)22(25)27-21(28-23)13-15-7-10-17(11-8-15)26-24(31)20-12-9-16-5-3-4-6-19(16)32-20/h3-8,10-11,16,19-20,30H,9,12-14H2,1-2H3,(H,26,31)/t16?,19?,20-/m0/s1. The monoisotopic (exact) mass is 454 g/mol. The lowest BCUT2D eigenvalue weighted by Gasteiger charge is -2.34. The quantitative estimate of drug-likeness (QED) is 0.649. The molecule has 0 radical (unpaired) electrons. The van der Waals surface area contributed by atoms with Gasteiger partial charge in [-0.15, -0.1) is 0 Å². The molecule has 0 bridgehead atoms. The minimum Gasteiger partial charge on any atom is -0.391 e. The van der Waals surface area contributed by atoms with E-state index >= 15 is 0 Å². The zero-order valence-electron chi connectivity index (χ0n) is 18.2. The fourth-order valence-electron chi connectivity index (χ4n) is 4.02. The number of carbonyl (C=O) groups excluding carboxylic acids is 1. The Bertz CT molecular complexity index is 1040. The zero-order valence-corrected chi connectivity index (χ0v) is 18.9. The van der Waals surface area contributed by atoms with Gasteiger partial charge in [0.1, 0.15) is 22.9 Å². The molecule has 2 unspecified atom stereocenters. The number of hydrogen-bond acceptors (Lipinski definition) is 6. The van der Waals surface area contributed by atoms with Gasteiger partial charge in [0.25, 0.3) is 5.91 Å². The Labute approximate surface area is 192 Å². The molecule has 0 spiro atoms. The van der Waals surface area contributed by atoms with Crippen LogP contribution in [0, 0.1) is 5.92 Å². The molecule has 1 fully saturated rings. The summed E-state index contributed by atoms with van der Waals surface area (Å²) in [6, 6.07) is 7.57. The van der Waals surface area contributed by atoms with Crippen molar-refractivity contribution in [1.82, 2.24) is 9.97 Å². The van der Waals surface area contributed by atoms with E-state index in [9.17, 15) is 9.90 Å². The molecule has 2 aromatic rings. The number of nitrogens with one attached hydrogen (secondary N) is 1. The van der Waals surface area contributed by atoms with Crippen LogP contribution in [0.25, 0.3) is 0 Å². The molecule has 1 amide bonds. The largest absolute Gasteiger partial charge is 0.391 e. The molecule has 7 nitrogen and oxygen atoms in total. The summed E-state index contributed by atoms with van der Waals surface area (Å²) >= 11 is 6.24. The summed E-state index contributed by atoms with van der Waals surface area (Å²) in [5.41, 5.74) is 2.21. The highest BCUT2D eigenvalue weighted by atomic mass is 35.5. The fourth-order valence-corrected chi connectivity index (χ4v) is 4.26. The Morgan fingerprint density at radius 2 is 1.94 bits per heavy atom. The smallest absolute Gasteiger partial charge is 0.253 e. The third kappa shape index (κ3) is 5.01. The van der Waals surface area contributed by atoms with Crippen LogP contribution in [-0.2, 0) is 22.6 Å². The number of nitrogens with zero attached hydrogens (tertiary/aromatic N) is 3. The van der Waals surface area contributed by atoms with E-state index < -0.39 is 6.10 Å². The molecule has 4 rings (SSSR count). The number of aliphatic hydroxyl groups is 1. The lowest BCUT2D eigenvalue weighted by Crippen LogP contribution is -2.40. The molecule has 2 heterocycles. The maximum atomic E-state index is 12.7. The predicted molar refractivity (Wildman–Crippen MR) is 125 cm³/mol. The summed E-state index contributed by atoms with van der Waals surface area (Å²) < 4.78 is 5.99. The summed E-state index contributed by atoms with van der Waals surface area (Å²) in [4.78, 5) is 23.3. The number of fused-ring (bicyclic) bond motifs is 1. The van der Waals surface area contributed by atoms with Crippen molar-refractivity contribution < 1.29 is 14.6 Å². The van der Waals surface area contributed by atoms with Crippen molar-refractivity contribution in [3.8, 4) is 0 Å². The van der Waals surface area contributed by atoms with Crippen molar-refractivity contribution >= 4 is 29.0 Å². The van der Waals surface area contributed by atoms with Gasteiger partial charge in [0.15, 0.2) is 0 Å². The van der Waals surface area contributed by atoms with E-state index in [1.165, 1.54) is 0 Å². The molecule has 8 heteroatoms. The first-order valence-corrected chi connectivity index (χ1v) is 11.1. The number of ether oxygens (including phenoxy) is 1. The Kier molecular flexibility index (Phi) is 6.89. The molecule has 2 N–H and O–H groups in total. The van der Waals surface area contributed by atoms with Gasteiger partial charge in [-0.2, -0.15) is 0 Å². The first-order chi connectivity index (χ1) is 15.4. The molecule has 1 aliphatic carbocycles. The maximum Gasteiger partial charge on any atom is 0.253 e. The van der Waals surface area contributed by atoms with Crippen LogP contribution in [0.2, 0.25) is 5.15 Å². The summed E-state index contributed by atoms with van der Waals surface area (Å²) in [5, 5.41) is 12.7. The lowest BCUT2D eigenvalue weighted by atomic mass is 9.88. The second kappa shape index (κ2) is 9.81. The van der Waals surface area contributed by atoms with Crippen LogP contribution in [0.4, 0.5) is 11.5 Å². The van der Waals surface area contributed by atoms with Crippen LogP contribution in [-0.4, -0.2) is 47.3 Å². The lowest BCUT2D eigenvalue weighted by molar-refractivity contribution is -0.135. The average Bonchev–Trinajstić information content (AvgIpc) is 2.79. The van der Waals surface area contributed by atoms with Gasteiger partial charge in [0.05, 0.1) is 18.3 Å². The number of carbonyl (C=O) groups is 1. The van der Waals surface area contributed by atoms with Crippen LogP contribution in [0.1, 0.15) is 29.8 Å². The van der Waals surface area contributed by atoms with Crippen molar-refractivity contribution in [2.24, 2.45) is 5.92 Å². The van der Waals surface area contributed by atoms with E-state index in [0.717, 1.165) is 12.0 Å². The average molecular weight is 455 g/mol. The van der Waals surface area contributed by atoms with Gasteiger partial charge in [0.2, 0.25) is 0 Å². The highest BCUT2D eigenvalue weighted by molar-refractivity contribution is 6.30. The number of anilines is 2. The third-order valence-electron chi connectivity index (χ3n) is 5.71. The van der Waals surface area contributed by atoms with Crippen molar-refractivity contribution in [3.05, 3.63) is 70.7 Å². The van der Waals surface area contributed by atoms with Crippen LogP contribution in [0.15, 0.2) is 48.6 Å². The molecule has 1 aromatic heterocycles. The van der Waals surface area contributed by atoms with Gasteiger partial charge in [0, 0.05) is 32.1 Å². The highest BCUT2D eigenvalue weighted by Gasteiger charge is 2.32. The topological polar surface area (TPSA) is 87.6 Å². The minimum absolute atomic E-state index is 0.0250. The third-order valence-corrected chi connectivity index (χ3v) is 6.03. The van der Waals surface area contributed by atoms with Gasteiger partial charge in [-0.05, 0) is 30.5 Å².